The van der Waals surface area contributed by atoms with Crippen LogP contribution in [0.4, 0.5) is 0 Å². The van der Waals surface area contributed by atoms with E-state index in [0.29, 0.717) is 25.8 Å². The lowest BCUT2D eigenvalue weighted by Crippen LogP contribution is -2.63. The fraction of sp³-hybridized carbons (Fsp3) is 0.867. The molecular formula is C45H81N3O13. The molecule has 0 radical (unpaired) electrons. The quantitative estimate of drug-likeness (QED) is 0.165. The van der Waals surface area contributed by atoms with Crippen molar-refractivity contribution in [2.24, 2.45) is 23.7 Å². The lowest BCUT2D eigenvalue weighted by atomic mass is 9.79. The van der Waals surface area contributed by atoms with E-state index in [1.165, 1.54) is 14.2 Å². The molecule has 2 fully saturated rings. The Hall–Kier alpha value is -1.90. The molecule has 354 valence electrons. The summed E-state index contributed by atoms with van der Waals surface area (Å²) in [7, 11) is 12.7. The Labute approximate surface area is 365 Å². The van der Waals surface area contributed by atoms with Crippen molar-refractivity contribution in [3.8, 4) is 0 Å². The Kier molecular flexibility index (Phi) is 22.4. The molecule has 3 aliphatic heterocycles. The topological polar surface area (TPSA) is 189 Å². The SMILES string of the molecule is CC[C@H]1OC(=O)CC(O)[C@H](C)[C@@H](O[C@@H]2O[C@H](C)[C@@H](O)[C@H](N(C)C)[C@H]2O)[C@@H](CCN(C)CCCN(C)C)C[C@@H](C)C(=O)/C=C/C(C)=C/[C@@H]1CO[C@@H]1O[C@H](C)[C@@H](O)[C@@H](OC)[C@H]1OC. The van der Waals surface area contributed by atoms with Gasteiger partial charge in [-0.3, -0.25) is 9.59 Å². The van der Waals surface area contributed by atoms with Crippen LogP contribution in [0.5, 0.6) is 0 Å². The van der Waals surface area contributed by atoms with Gasteiger partial charge in [-0.2, -0.15) is 0 Å². The Morgan fingerprint density at radius 2 is 1.44 bits per heavy atom. The number of ether oxygens (including phenoxy) is 7. The zero-order valence-corrected chi connectivity index (χ0v) is 39.2. The number of allylic oxidation sites excluding steroid dienone is 3. The first kappa shape index (κ1) is 53.4. The Morgan fingerprint density at radius 1 is 0.803 bits per heavy atom. The molecule has 0 aromatic carbocycles. The van der Waals surface area contributed by atoms with Gasteiger partial charge in [-0.15, -0.1) is 0 Å². The molecule has 1 unspecified atom stereocenters. The second-order valence-corrected chi connectivity index (χ2v) is 18.2. The van der Waals surface area contributed by atoms with Gasteiger partial charge in [0.05, 0.1) is 49.6 Å². The highest BCUT2D eigenvalue weighted by atomic mass is 16.7. The van der Waals surface area contributed by atoms with Crippen LogP contribution in [0, 0.1) is 23.7 Å². The van der Waals surface area contributed by atoms with Crippen molar-refractivity contribution in [3.05, 3.63) is 23.8 Å². The molecule has 0 aromatic rings. The first-order chi connectivity index (χ1) is 28.7. The number of carbonyl (C=O) groups is 2. The van der Waals surface area contributed by atoms with Gasteiger partial charge in [0.1, 0.15) is 30.5 Å². The Morgan fingerprint density at radius 3 is 2.05 bits per heavy atom. The molecule has 16 nitrogen and oxygen atoms in total. The monoisotopic (exact) mass is 872 g/mol. The summed E-state index contributed by atoms with van der Waals surface area (Å²) in [4.78, 5) is 33.9. The molecule has 0 bridgehead atoms. The van der Waals surface area contributed by atoms with E-state index in [-0.39, 0.29) is 24.7 Å². The zero-order valence-electron chi connectivity index (χ0n) is 39.2. The van der Waals surface area contributed by atoms with Crippen LogP contribution in [-0.4, -0.2) is 202 Å². The molecular weight excluding hydrogens is 791 g/mol. The lowest BCUT2D eigenvalue weighted by Gasteiger charge is -2.46. The van der Waals surface area contributed by atoms with Crippen LogP contribution in [0.2, 0.25) is 0 Å². The molecule has 0 saturated carbocycles. The number of nitrogens with zero attached hydrogens (tertiary/aromatic N) is 3. The molecule has 3 heterocycles. The van der Waals surface area contributed by atoms with E-state index in [4.69, 9.17) is 33.2 Å². The zero-order chi connectivity index (χ0) is 45.7. The van der Waals surface area contributed by atoms with Crippen molar-refractivity contribution in [2.75, 3.05) is 75.7 Å². The van der Waals surface area contributed by atoms with Gasteiger partial charge in [0, 0.05) is 32.0 Å². The largest absolute Gasteiger partial charge is 0.462 e. The van der Waals surface area contributed by atoms with Crippen molar-refractivity contribution >= 4 is 11.8 Å². The second kappa shape index (κ2) is 25.6. The van der Waals surface area contributed by atoms with Gasteiger partial charge in [0.2, 0.25) is 0 Å². The number of esters is 1. The smallest absolute Gasteiger partial charge is 0.308 e. The Bertz CT molecular complexity index is 1380. The van der Waals surface area contributed by atoms with E-state index >= 15 is 0 Å². The number of rotatable bonds is 16. The first-order valence-electron chi connectivity index (χ1n) is 22.2. The molecule has 2 saturated heterocycles. The van der Waals surface area contributed by atoms with Crippen molar-refractivity contribution in [2.45, 2.75) is 153 Å². The third-order valence-electron chi connectivity index (χ3n) is 12.7. The number of cyclic esters (lactones) is 1. The van der Waals surface area contributed by atoms with Gasteiger partial charge < -0.3 is 68.3 Å². The highest BCUT2D eigenvalue weighted by molar-refractivity contribution is 5.91. The highest BCUT2D eigenvalue weighted by Crippen LogP contribution is 2.35. The number of ketones is 1. The summed E-state index contributed by atoms with van der Waals surface area (Å²) < 4.78 is 42.5. The van der Waals surface area contributed by atoms with Crippen molar-refractivity contribution < 1.29 is 63.2 Å². The van der Waals surface area contributed by atoms with Gasteiger partial charge >= 0.3 is 5.97 Å². The van der Waals surface area contributed by atoms with Crippen LogP contribution >= 0.6 is 0 Å². The van der Waals surface area contributed by atoms with Crippen LogP contribution in [0.1, 0.15) is 73.6 Å². The summed E-state index contributed by atoms with van der Waals surface area (Å²) in [5, 5.41) is 45.1. The van der Waals surface area contributed by atoms with Crippen molar-refractivity contribution in [1.29, 1.82) is 0 Å². The van der Waals surface area contributed by atoms with Crippen molar-refractivity contribution in [1.82, 2.24) is 14.7 Å². The summed E-state index contributed by atoms with van der Waals surface area (Å²) in [5.74, 6) is -2.63. The number of hydrogen-bond donors (Lipinski definition) is 4. The van der Waals surface area contributed by atoms with Crippen LogP contribution in [-0.2, 0) is 42.7 Å². The van der Waals surface area contributed by atoms with Gasteiger partial charge in [0.25, 0.3) is 0 Å². The van der Waals surface area contributed by atoms with Crippen molar-refractivity contribution in [3.63, 3.8) is 0 Å². The summed E-state index contributed by atoms with van der Waals surface area (Å²) in [6.45, 7) is 13.4. The third-order valence-corrected chi connectivity index (χ3v) is 12.7. The first-order valence-corrected chi connectivity index (χ1v) is 22.2. The summed E-state index contributed by atoms with van der Waals surface area (Å²) in [5.41, 5.74) is 0.753. The average molecular weight is 872 g/mol. The maximum atomic E-state index is 13.9. The van der Waals surface area contributed by atoms with Gasteiger partial charge in [-0.1, -0.05) is 38.5 Å². The van der Waals surface area contributed by atoms with Gasteiger partial charge in [-0.25, -0.2) is 0 Å². The molecule has 0 aliphatic carbocycles. The number of likely N-dealkylation sites (N-methyl/N-ethyl adjacent to an activating group) is 1. The van der Waals surface area contributed by atoms with Gasteiger partial charge in [-0.05, 0) is 113 Å². The second-order valence-electron chi connectivity index (χ2n) is 18.2. The number of aliphatic hydroxyl groups excluding tert-OH is 4. The normalized spacial score (nSPS) is 40.3. The number of hydrogen-bond acceptors (Lipinski definition) is 16. The van der Waals surface area contributed by atoms with E-state index in [9.17, 15) is 30.0 Å². The predicted molar refractivity (Wildman–Crippen MR) is 230 cm³/mol. The molecule has 0 amide bonds. The standard InChI is InChI=1S/C45H81N3O13/c1-14-35-32(25-57-45-43(56-13)42(55-12)39(53)30(6)59-45)22-26(2)16-17-33(49)27(3)23-31(18-21-48(11)20-15-19-46(7)8)41(28(4)34(50)24-36(51)60-35)61-44-40(54)37(47(9)10)38(52)29(5)58-44/h16-17,22,27-32,34-35,37-45,50,52-54H,14-15,18-21,23-25H2,1-13H3/b17-16+,26-22+/t27-,28+,29-,30-,31+,32-,34?,35-,37+,38-,39-,40-,41-,42-,43-,44+,45-/m1/s1. The van der Waals surface area contributed by atoms with E-state index in [0.717, 1.165) is 25.1 Å². The number of methoxy groups -OCH3 is 2. The van der Waals surface area contributed by atoms with E-state index < -0.39 is 103 Å². The number of aliphatic hydroxyl groups is 4. The van der Waals surface area contributed by atoms with Crippen LogP contribution in [0.25, 0.3) is 0 Å². The van der Waals surface area contributed by atoms with Crippen LogP contribution in [0.15, 0.2) is 23.8 Å². The minimum Gasteiger partial charge on any atom is -0.462 e. The van der Waals surface area contributed by atoms with E-state index in [2.05, 4.69) is 16.8 Å². The molecule has 17 atom stereocenters. The number of carbonyl (C=O) groups excluding carboxylic acids is 2. The maximum Gasteiger partial charge on any atom is 0.308 e. The summed E-state index contributed by atoms with van der Waals surface area (Å²) in [6, 6.07) is -0.692. The lowest BCUT2D eigenvalue weighted by molar-refractivity contribution is -0.304. The van der Waals surface area contributed by atoms with Gasteiger partial charge in [0.15, 0.2) is 18.4 Å². The molecule has 3 aliphatic rings. The fourth-order valence-corrected chi connectivity index (χ4v) is 8.84. The molecule has 16 heteroatoms. The molecule has 61 heavy (non-hydrogen) atoms. The molecule has 0 aromatic heterocycles. The molecule has 0 spiro atoms. The van der Waals surface area contributed by atoms with Crippen LogP contribution in [0.3, 0.4) is 0 Å². The third kappa shape index (κ3) is 15.4. The average Bonchev–Trinajstić information content (AvgIpc) is 3.20. The molecule has 3 rings (SSSR count). The predicted octanol–water partition coefficient (Wildman–Crippen LogP) is 2.25. The fourth-order valence-electron chi connectivity index (χ4n) is 8.84. The highest BCUT2D eigenvalue weighted by Gasteiger charge is 2.48. The summed E-state index contributed by atoms with van der Waals surface area (Å²) >= 11 is 0. The minimum absolute atomic E-state index is 0.0377. The molecule has 4 N–H and O–H groups in total. The summed E-state index contributed by atoms with van der Waals surface area (Å²) in [6.07, 6.45) is -3.36. The maximum absolute atomic E-state index is 13.9. The Balaban J connectivity index is 2.01. The van der Waals surface area contributed by atoms with E-state index in [1.807, 2.05) is 47.9 Å². The van der Waals surface area contributed by atoms with E-state index in [1.54, 1.807) is 45.0 Å². The minimum atomic E-state index is -1.24. The van der Waals surface area contributed by atoms with Crippen LogP contribution < -0.4 is 0 Å².